The molecule has 0 unspecified atom stereocenters. The minimum atomic E-state index is -0.410. The predicted octanol–water partition coefficient (Wildman–Crippen LogP) is 0.118. The van der Waals surface area contributed by atoms with Gasteiger partial charge in [-0.1, -0.05) is 0 Å². The molecule has 0 saturated carbocycles. The Bertz CT molecular complexity index is 432. The van der Waals surface area contributed by atoms with E-state index < -0.39 is 5.82 Å². The molecule has 2 saturated heterocycles. The molecule has 0 radical (unpaired) electrons. The van der Waals surface area contributed by atoms with Crippen LogP contribution >= 0.6 is 0 Å². The van der Waals surface area contributed by atoms with E-state index in [0.29, 0.717) is 11.9 Å². The second kappa shape index (κ2) is 4.13. The Morgan fingerprint density at radius 1 is 1.44 bits per heavy atom. The summed E-state index contributed by atoms with van der Waals surface area (Å²) in [7, 11) is 2.10. The Balaban J connectivity index is 1.67. The molecule has 2 aliphatic heterocycles. The summed E-state index contributed by atoms with van der Waals surface area (Å²) in [5.74, 6) is 0.543. The third kappa shape index (κ3) is 1.76. The summed E-state index contributed by atoms with van der Waals surface area (Å²) >= 11 is 0. The van der Waals surface area contributed by atoms with Gasteiger partial charge in [0.2, 0.25) is 5.95 Å². The summed E-state index contributed by atoms with van der Waals surface area (Å²) in [6, 6.07) is 0. The highest BCUT2D eigenvalue weighted by molar-refractivity contribution is 5.38. The molecule has 1 N–H and O–H groups in total. The lowest BCUT2D eigenvalue weighted by Gasteiger charge is -2.51. The smallest absolute Gasteiger partial charge is 0.225 e. The van der Waals surface area contributed by atoms with Gasteiger partial charge in [0.25, 0.3) is 0 Å². The van der Waals surface area contributed by atoms with Crippen molar-refractivity contribution in [3.05, 3.63) is 18.2 Å². The van der Waals surface area contributed by atoms with Crippen molar-refractivity contribution in [2.45, 2.75) is 12.0 Å². The van der Waals surface area contributed by atoms with Crippen molar-refractivity contribution in [2.24, 2.45) is 5.92 Å². The van der Waals surface area contributed by atoms with Gasteiger partial charge in [-0.2, -0.15) is 0 Å². The number of aliphatic hydroxyl groups is 1. The fraction of sp³-hybridized carbons (Fsp3) is 0.667. The van der Waals surface area contributed by atoms with Crippen molar-refractivity contribution < 1.29 is 9.50 Å². The van der Waals surface area contributed by atoms with Crippen LogP contribution in [0.25, 0.3) is 0 Å². The SMILES string of the molecule is CN1C[C@@H](CO)CC12CN(c1ncc(F)cn1)C2. The summed E-state index contributed by atoms with van der Waals surface area (Å²) in [4.78, 5) is 12.3. The summed E-state index contributed by atoms with van der Waals surface area (Å²) < 4.78 is 12.7. The maximum absolute atomic E-state index is 12.7. The minimum absolute atomic E-state index is 0.144. The quantitative estimate of drug-likeness (QED) is 0.810. The molecule has 5 nitrogen and oxygen atoms in total. The first-order valence-corrected chi connectivity index (χ1v) is 6.17. The topological polar surface area (TPSA) is 52.5 Å². The normalized spacial score (nSPS) is 26.6. The van der Waals surface area contributed by atoms with Gasteiger partial charge < -0.3 is 10.0 Å². The van der Waals surface area contributed by atoms with Crippen molar-refractivity contribution in [1.82, 2.24) is 14.9 Å². The molecule has 2 fully saturated rings. The van der Waals surface area contributed by atoms with Gasteiger partial charge in [-0.3, -0.25) is 4.90 Å². The van der Waals surface area contributed by atoms with Crippen LogP contribution in [0.5, 0.6) is 0 Å². The van der Waals surface area contributed by atoms with E-state index in [1.807, 2.05) is 0 Å². The molecule has 1 atom stereocenters. The first-order chi connectivity index (χ1) is 8.63. The lowest BCUT2D eigenvalue weighted by Crippen LogP contribution is -2.67. The number of halogens is 1. The number of anilines is 1. The van der Waals surface area contributed by atoms with Crippen LogP contribution in [-0.4, -0.2) is 58.8 Å². The second-order valence-corrected chi connectivity index (χ2v) is 5.41. The summed E-state index contributed by atoms with van der Waals surface area (Å²) in [5, 5.41) is 9.24. The van der Waals surface area contributed by atoms with Crippen LogP contribution in [0.15, 0.2) is 12.4 Å². The molecule has 18 heavy (non-hydrogen) atoms. The Morgan fingerprint density at radius 3 is 2.67 bits per heavy atom. The summed E-state index contributed by atoms with van der Waals surface area (Å²) in [6.45, 7) is 2.89. The highest BCUT2D eigenvalue weighted by Crippen LogP contribution is 2.40. The third-order valence-electron chi connectivity index (χ3n) is 4.13. The number of nitrogens with zero attached hydrogens (tertiary/aromatic N) is 4. The molecule has 3 heterocycles. The molecular weight excluding hydrogens is 235 g/mol. The number of rotatable bonds is 2. The van der Waals surface area contributed by atoms with Crippen molar-refractivity contribution in [2.75, 3.05) is 38.2 Å². The second-order valence-electron chi connectivity index (χ2n) is 5.41. The zero-order valence-corrected chi connectivity index (χ0v) is 10.4. The maximum atomic E-state index is 12.7. The van der Waals surface area contributed by atoms with E-state index >= 15 is 0 Å². The van der Waals surface area contributed by atoms with Crippen LogP contribution in [0.4, 0.5) is 10.3 Å². The molecule has 98 valence electrons. The molecule has 3 rings (SSSR count). The highest BCUT2D eigenvalue weighted by Gasteiger charge is 2.52. The van der Waals surface area contributed by atoms with Gasteiger partial charge in [-0.15, -0.1) is 0 Å². The molecule has 1 aromatic heterocycles. The van der Waals surface area contributed by atoms with E-state index in [-0.39, 0.29) is 12.1 Å². The van der Waals surface area contributed by atoms with Gasteiger partial charge in [0, 0.05) is 26.2 Å². The van der Waals surface area contributed by atoms with Gasteiger partial charge in [0.1, 0.15) is 0 Å². The molecule has 0 bridgehead atoms. The molecule has 0 aliphatic carbocycles. The number of aromatic nitrogens is 2. The van der Waals surface area contributed by atoms with Gasteiger partial charge in [-0.05, 0) is 19.4 Å². The number of likely N-dealkylation sites (N-methyl/N-ethyl adjacent to an activating group) is 1. The monoisotopic (exact) mass is 252 g/mol. The summed E-state index contributed by atoms with van der Waals surface area (Å²) in [6.07, 6.45) is 3.40. The Kier molecular flexibility index (Phi) is 2.71. The number of hydrogen-bond acceptors (Lipinski definition) is 5. The standard InChI is InChI=1S/C12H17FN4O/c1-16-5-9(6-18)2-12(16)7-17(8-12)11-14-3-10(13)4-15-11/h3-4,9,18H,2,5-8H2,1H3/t9-/m0/s1. The lowest BCUT2D eigenvalue weighted by atomic mass is 9.85. The van der Waals surface area contributed by atoms with E-state index in [0.717, 1.165) is 26.1 Å². The maximum Gasteiger partial charge on any atom is 0.225 e. The van der Waals surface area contributed by atoms with Crippen LogP contribution < -0.4 is 4.90 Å². The largest absolute Gasteiger partial charge is 0.396 e. The van der Waals surface area contributed by atoms with E-state index in [1.165, 1.54) is 12.4 Å². The molecule has 1 aromatic rings. The van der Waals surface area contributed by atoms with E-state index in [9.17, 15) is 9.50 Å². The van der Waals surface area contributed by atoms with Gasteiger partial charge in [0.15, 0.2) is 5.82 Å². The molecular formula is C12H17FN4O. The van der Waals surface area contributed by atoms with Crippen LogP contribution in [-0.2, 0) is 0 Å². The highest BCUT2D eigenvalue weighted by atomic mass is 19.1. The number of likely N-dealkylation sites (tertiary alicyclic amines) is 1. The average molecular weight is 252 g/mol. The molecule has 0 aromatic carbocycles. The first-order valence-electron chi connectivity index (χ1n) is 6.17. The van der Waals surface area contributed by atoms with Gasteiger partial charge >= 0.3 is 0 Å². The Hall–Kier alpha value is -1.27. The van der Waals surface area contributed by atoms with Gasteiger partial charge in [0.05, 0.1) is 17.9 Å². The third-order valence-corrected chi connectivity index (χ3v) is 4.13. The van der Waals surface area contributed by atoms with Crippen LogP contribution in [0.1, 0.15) is 6.42 Å². The van der Waals surface area contributed by atoms with Gasteiger partial charge in [-0.25, -0.2) is 14.4 Å². The zero-order chi connectivity index (χ0) is 12.8. The van der Waals surface area contributed by atoms with E-state index in [4.69, 9.17) is 0 Å². The molecule has 6 heteroatoms. The van der Waals surface area contributed by atoms with Crippen LogP contribution in [0, 0.1) is 11.7 Å². The van der Waals surface area contributed by atoms with Crippen molar-refractivity contribution in [3.63, 3.8) is 0 Å². The van der Waals surface area contributed by atoms with Crippen molar-refractivity contribution in [1.29, 1.82) is 0 Å². The lowest BCUT2D eigenvalue weighted by molar-refractivity contribution is 0.131. The molecule has 2 aliphatic rings. The van der Waals surface area contributed by atoms with Crippen molar-refractivity contribution >= 4 is 5.95 Å². The van der Waals surface area contributed by atoms with Crippen LogP contribution in [0.3, 0.4) is 0 Å². The van der Waals surface area contributed by atoms with Crippen molar-refractivity contribution in [3.8, 4) is 0 Å². The fourth-order valence-corrected chi connectivity index (χ4v) is 3.11. The van der Waals surface area contributed by atoms with E-state index in [2.05, 4.69) is 26.8 Å². The average Bonchev–Trinajstić information content (AvgIpc) is 2.66. The molecule has 1 spiro atoms. The number of hydrogen-bond donors (Lipinski definition) is 1. The number of aliphatic hydroxyl groups excluding tert-OH is 1. The summed E-state index contributed by atoms with van der Waals surface area (Å²) in [5.41, 5.74) is 0.144. The first kappa shape index (κ1) is 11.8. The Labute approximate surface area is 105 Å². The van der Waals surface area contributed by atoms with Crippen LogP contribution in [0.2, 0.25) is 0 Å². The predicted molar refractivity (Wildman–Crippen MR) is 64.8 cm³/mol. The minimum Gasteiger partial charge on any atom is -0.396 e. The fourth-order valence-electron chi connectivity index (χ4n) is 3.11. The van der Waals surface area contributed by atoms with E-state index in [1.54, 1.807) is 0 Å². The zero-order valence-electron chi connectivity index (χ0n) is 10.4. The molecule has 0 amide bonds. The Morgan fingerprint density at radius 2 is 2.11 bits per heavy atom.